The summed E-state index contributed by atoms with van der Waals surface area (Å²) < 4.78 is 4.47. The van der Waals surface area contributed by atoms with Crippen molar-refractivity contribution in [2.75, 3.05) is 0 Å². The van der Waals surface area contributed by atoms with Gasteiger partial charge in [0, 0.05) is 0 Å². The lowest BCUT2D eigenvalue weighted by Gasteiger charge is -2.09. The molecule has 4 heteroatoms. The Hall–Kier alpha value is -0.610. The van der Waals surface area contributed by atoms with Crippen LogP contribution in [0.25, 0.3) is 0 Å². The van der Waals surface area contributed by atoms with Gasteiger partial charge in [-0.05, 0) is 13.8 Å². The summed E-state index contributed by atoms with van der Waals surface area (Å²) >= 11 is 0. The Morgan fingerprint density at radius 2 is 2.00 bits per heavy atom. The predicted molar refractivity (Wildman–Crippen MR) is 29.9 cm³/mol. The molecule has 0 aliphatic carbocycles. The zero-order valence-electron chi connectivity index (χ0n) is 5.37. The highest BCUT2D eigenvalue weighted by Crippen LogP contribution is 1.93. The topological polar surface area (TPSA) is 66.8 Å². The van der Waals surface area contributed by atoms with Crippen molar-refractivity contribution >= 4 is 5.97 Å². The molecule has 0 fully saturated rings. The van der Waals surface area contributed by atoms with Crippen LogP contribution < -0.4 is 0 Å². The zero-order chi connectivity index (χ0) is 7.44. The van der Waals surface area contributed by atoms with Gasteiger partial charge in [0.05, 0.1) is 6.10 Å². The van der Waals surface area contributed by atoms with E-state index in [0.29, 0.717) is 0 Å². The van der Waals surface area contributed by atoms with Crippen LogP contribution in [0, 0.1) is 0 Å². The van der Waals surface area contributed by atoms with Gasteiger partial charge in [-0.1, -0.05) is 0 Å². The average molecular weight is 134 g/mol. The quantitative estimate of drug-likeness (QED) is 0.525. The summed E-state index contributed by atoms with van der Waals surface area (Å²) in [7, 11) is 0. The van der Waals surface area contributed by atoms with Crippen LogP contribution in [-0.4, -0.2) is 28.6 Å². The Morgan fingerprint density at radius 3 is 2.11 bits per heavy atom. The highest BCUT2D eigenvalue weighted by Gasteiger charge is 2.13. The summed E-state index contributed by atoms with van der Waals surface area (Å²) in [6, 6.07) is 0. The molecule has 2 N–H and O–H groups in total. The number of rotatable bonds is 3. The van der Waals surface area contributed by atoms with E-state index in [1.807, 2.05) is 0 Å². The summed E-state index contributed by atoms with van der Waals surface area (Å²) in [6.45, 7) is 3.29. The highest BCUT2D eigenvalue weighted by atomic mass is 16.6. The standard InChI is InChI=1S/C5H10O4/c1-3(2)9-5(8)4(6)7/h3,5,8H,1-2H3,(H,6,7)/t5-/m0/s1. The van der Waals surface area contributed by atoms with Crippen molar-refractivity contribution < 1.29 is 19.7 Å². The Labute approximate surface area is 53.1 Å². The van der Waals surface area contributed by atoms with E-state index in [1.165, 1.54) is 0 Å². The van der Waals surface area contributed by atoms with Gasteiger partial charge in [0.25, 0.3) is 6.29 Å². The second-order valence-corrected chi connectivity index (χ2v) is 1.88. The summed E-state index contributed by atoms with van der Waals surface area (Å²) in [5, 5.41) is 16.5. The van der Waals surface area contributed by atoms with Crippen LogP contribution in [0.1, 0.15) is 13.8 Å². The maximum atomic E-state index is 9.86. The van der Waals surface area contributed by atoms with Crippen LogP contribution in [0.3, 0.4) is 0 Å². The first kappa shape index (κ1) is 8.39. The van der Waals surface area contributed by atoms with Gasteiger partial charge in [0.2, 0.25) is 0 Å². The van der Waals surface area contributed by atoms with Gasteiger partial charge >= 0.3 is 5.97 Å². The monoisotopic (exact) mass is 134 g/mol. The summed E-state index contributed by atoms with van der Waals surface area (Å²) in [4.78, 5) is 9.86. The molecule has 0 bridgehead atoms. The molecule has 1 atom stereocenters. The molecule has 0 radical (unpaired) electrons. The number of aliphatic hydroxyl groups is 1. The number of carboxylic acid groups (broad SMARTS) is 1. The van der Waals surface area contributed by atoms with E-state index in [9.17, 15) is 4.79 Å². The predicted octanol–water partition coefficient (Wildman–Crippen LogP) is -0.186. The molecule has 0 aliphatic heterocycles. The van der Waals surface area contributed by atoms with Gasteiger partial charge in [0.15, 0.2) is 0 Å². The molecule has 4 nitrogen and oxygen atoms in total. The fourth-order valence-corrected chi connectivity index (χ4v) is 0.316. The highest BCUT2D eigenvalue weighted by molar-refractivity contribution is 5.70. The van der Waals surface area contributed by atoms with Crippen LogP contribution in [0.2, 0.25) is 0 Å². The minimum atomic E-state index is -1.69. The molecule has 54 valence electrons. The zero-order valence-corrected chi connectivity index (χ0v) is 5.37. The first-order chi connectivity index (χ1) is 4.04. The molecule has 0 aliphatic rings. The number of hydrogen-bond donors (Lipinski definition) is 2. The molecule has 0 saturated carbocycles. The number of aliphatic carboxylic acids is 1. The molecule has 0 saturated heterocycles. The molecular weight excluding hydrogens is 124 g/mol. The van der Waals surface area contributed by atoms with E-state index in [-0.39, 0.29) is 6.10 Å². The molecule has 0 heterocycles. The van der Waals surface area contributed by atoms with Crippen molar-refractivity contribution in [3.8, 4) is 0 Å². The Morgan fingerprint density at radius 1 is 1.56 bits per heavy atom. The van der Waals surface area contributed by atoms with Crippen LogP contribution in [0.5, 0.6) is 0 Å². The second kappa shape index (κ2) is 3.42. The lowest BCUT2D eigenvalue weighted by Crippen LogP contribution is -2.26. The second-order valence-electron chi connectivity index (χ2n) is 1.88. The van der Waals surface area contributed by atoms with Gasteiger partial charge in [0.1, 0.15) is 0 Å². The first-order valence-corrected chi connectivity index (χ1v) is 2.60. The smallest absolute Gasteiger partial charge is 0.360 e. The van der Waals surface area contributed by atoms with Crippen molar-refractivity contribution in [3.05, 3.63) is 0 Å². The number of carbonyl (C=O) groups is 1. The molecule has 0 aromatic carbocycles. The lowest BCUT2D eigenvalue weighted by atomic mass is 10.5. The third-order valence-electron chi connectivity index (χ3n) is 0.612. The molecule has 9 heavy (non-hydrogen) atoms. The van der Waals surface area contributed by atoms with E-state index in [0.717, 1.165) is 0 Å². The summed E-state index contributed by atoms with van der Waals surface area (Å²) in [5.74, 6) is -1.36. The van der Waals surface area contributed by atoms with E-state index < -0.39 is 12.3 Å². The number of carboxylic acids is 1. The maximum absolute atomic E-state index is 9.86. The van der Waals surface area contributed by atoms with Gasteiger partial charge in [-0.25, -0.2) is 4.79 Å². The van der Waals surface area contributed by atoms with Gasteiger partial charge < -0.3 is 14.9 Å². The minimum absolute atomic E-state index is 0.268. The Bertz CT molecular complexity index is 99.1. The normalized spacial score (nSPS) is 13.8. The lowest BCUT2D eigenvalue weighted by molar-refractivity contribution is -0.183. The summed E-state index contributed by atoms with van der Waals surface area (Å²) in [5.41, 5.74) is 0. The van der Waals surface area contributed by atoms with Crippen molar-refractivity contribution in [2.24, 2.45) is 0 Å². The van der Waals surface area contributed by atoms with Gasteiger partial charge in [-0.3, -0.25) is 0 Å². The number of aliphatic hydroxyl groups excluding tert-OH is 1. The van der Waals surface area contributed by atoms with E-state index in [1.54, 1.807) is 13.8 Å². The molecule has 0 aromatic rings. The van der Waals surface area contributed by atoms with Crippen LogP contribution in [0.15, 0.2) is 0 Å². The fourth-order valence-electron chi connectivity index (χ4n) is 0.316. The average Bonchev–Trinajstić information content (AvgIpc) is 1.63. The molecule has 0 unspecified atom stereocenters. The molecule has 0 spiro atoms. The summed E-state index contributed by atoms with van der Waals surface area (Å²) in [6.07, 6.45) is -1.96. The number of hydrogen-bond acceptors (Lipinski definition) is 3. The fraction of sp³-hybridized carbons (Fsp3) is 0.800. The van der Waals surface area contributed by atoms with Crippen molar-refractivity contribution in [1.29, 1.82) is 0 Å². The Balaban J connectivity index is 3.50. The third kappa shape index (κ3) is 3.93. The van der Waals surface area contributed by atoms with Crippen LogP contribution in [-0.2, 0) is 9.53 Å². The van der Waals surface area contributed by atoms with Crippen molar-refractivity contribution in [1.82, 2.24) is 0 Å². The first-order valence-electron chi connectivity index (χ1n) is 2.60. The largest absolute Gasteiger partial charge is 0.477 e. The van der Waals surface area contributed by atoms with Crippen molar-refractivity contribution in [3.63, 3.8) is 0 Å². The van der Waals surface area contributed by atoms with Gasteiger partial charge in [-0.15, -0.1) is 0 Å². The SMILES string of the molecule is CC(C)O[C@H](O)C(=O)O. The molecule has 0 rings (SSSR count). The van der Waals surface area contributed by atoms with Crippen LogP contribution >= 0.6 is 0 Å². The minimum Gasteiger partial charge on any atom is -0.477 e. The van der Waals surface area contributed by atoms with E-state index in [2.05, 4.69) is 4.74 Å². The third-order valence-corrected chi connectivity index (χ3v) is 0.612. The molecular formula is C5H10O4. The number of ether oxygens (including phenoxy) is 1. The molecule has 0 amide bonds. The van der Waals surface area contributed by atoms with Gasteiger partial charge in [-0.2, -0.15) is 0 Å². The van der Waals surface area contributed by atoms with E-state index in [4.69, 9.17) is 10.2 Å². The van der Waals surface area contributed by atoms with Crippen molar-refractivity contribution in [2.45, 2.75) is 26.2 Å². The Kier molecular flexibility index (Phi) is 3.19. The molecule has 0 aromatic heterocycles. The van der Waals surface area contributed by atoms with E-state index >= 15 is 0 Å². The van der Waals surface area contributed by atoms with Crippen LogP contribution in [0.4, 0.5) is 0 Å². The maximum Gasteiger partial charge on any atom is 0.360 e.